The molecule has 1 amide bonds. The lowest BCUT2D eigenvalue weighted by atomic mass is 9.72. The number of hydrogen-bond donors (Lipinski definition) is 1. The van der Waals surface area contributed by atoms with E-state index in [1.165, 1.54) is 0 Å². The van der Waals surface area contributed by atoms with E-state index in [4.69, 9.17) is 13.9 Å². The first-order valence-electron chi connectivity index (χ1n) is 11.0. The molecule has 176 valence electrons. The number of carbonyl (C=O) groups is 2. The van der Waals surface area contributed by atoms with Gasteiger partial charge < -0.3 is 23.9 Å². The highest BCUT2D eigenvalue weighted by atomic mass is 28.4. The third-order valence-electron chi connectivity index (χ3n) is 6.29. The SMILES string of the molecule is CCOC(=O)C1(C(O)[C@H](C)O[Si](C)(C)C(C)(C)C)CCN(C(=O)OC(C)(C)C)CC1. The number of aliphatic hydroxyl groups is 1. The van der Waals surface area contributed by atoms with E-state index in [2.05, 4.69) is 33.9 Å². The van der Waals surface area contributed by atoms with Crippen LogP contribution in [-0.4, -0.2) is 67.9 Å². The number of ether oxygens (including phenoxy) is 2. The van der Waals surface area contributed by atoms with Gasteiger partial charge in [-0.2, -0.15) is 0 Å². The zero-order valence-electron chi connectivity index (χ0n) is 20.6. The van der Waals surface area contributed by atoms with Gasteiger partial charge in [0.05, 0.1) is 24.2 Å². The number of carbonyl (C=O) groups excluding carboxylic acids is 2. The molecule has 1 aliphatic heterocycles. The second kappa shape index (κ2) is 9.57. The Morgan fingerprint density at radius 1 is 1.10 bits per heavy atom. The number of piperidine rings is 1. The maximum absolute atomic E-state index is 13.0. The van der Waals surface area contributed by atoms with Crippen LogP contribution >= 0.6 is 0 Å². The van der Waals surface area contributed by atoms with E-state index in [0.29, 0.717) is 25.9 Å². The molecule has 0 aromatic heterocycles. The number of nitrogens with zero attached hydrogens (tertiary/aromatic N) is 1. The number of esters is 1. The monoisotopic (exact) mass is 445 g/mol. The molecular weight excluding hydrogens is 402 g/mol. The average Bonchev–Trinajstić information content (AvgIpc) is 2.58. The van der Waals surface area contributed by atoms with Crippen LogP contribution in [0.4, 0.5) is 4.79 Å². The Hall–Kier alpha value is -1.12. The van der Waals surface area contributed by atoms with Crippen LogP contribution in [0.1, 0.15) is 68.2 Å². The smallest absolute Gasteiger partial charge is 0.410 e. The summed E-state index contributed by atoms with van der Waals surface area (Å²) in [7, 11) is -2.14. The molecule has 0 radical (unpaired) electrons. The minimum atomic E-state index is -2.14. The lowest BCUT2D eigenvalue weighted by Crippen LogP contribution is -2.58. The molecule has 0 aromatic rings. The minimum Gasteiger partial charge on any atom is -0.465 e. The van der Waals surface area contributed by atoms with Crippen molar-refractivity contribution in [3.8, 4) is 0 Å². The molecule has 1 heterocycles. The average molecular weight is 446 g/mol. The number of amides is 1. The van der Waals surface area contributed by atoms with Gasteiger partial charge >= 0.3 is 12.1 Å². The molecule has 30 heavy (non-hydrogen) atoms. The lowest BCUT2D eigenvalue weighted by molar-refractivity contribution is -0.173. The molecule has 1 rings (SSSR count). The molecule has 0 bridgehead atoms. The van der Waals surface area contributed by atoms with Crippen LogP contribution in [0.25, 0.3) is 0 Å². The highest BCUT2D eigenvalue weighted by molar-refractivity contribution is 6.74. The van der Waals surface area contributed by atoms with E-state index < -0.39 is 43.6 Å². The van der Waals surface area contributed by atoms with E-state index in [-0.39, 0.29) is 11.6 Å². The lowest BCUT2D eigenvalue weighted by Gasteiger charge is -2.46. The molecule has 0 saturated carbocycles. The summed E-state index contributed by atoms with van der Waals surface area (Å²) in [6, 6.07) is 0. The minimum absolute atomic E-state index is 0.0157. The van der Waals surface area contributed by atoms with Gasteiger partial charge in [0.25, 0.3) is 0 Å². The van der Waals surface area contributed by atoms with Crippen LogP contribution < -0.4 is 0 Å². The Morgan fingerprint density at radius 3 is 2.00 bits per heavy atom. The summed E-state index contributed by atoms with van der Waals surface area (Å²) in [6.45, 7) is 20.6. The molecule has 0 aliphatic carbocycles. The molecule has 1 saturated heterocycles. The summed E-state index contributed by atoms with van der Waals surface area (Å²) in [5.74, 6) is -0.424. The molecule has 2 atom stereocenters. The van der Waals surface area contributed by atoms with Gasteiger partial charge in [0.2, 0.25) is 0 Å². The largest absolute Gasteiger partial charge is 0.465 e. The van der Waals surface area contributed by atoms with Gasteiger partial charge in [0.1, 0.15) is 5.60 Å². The normalized spacial score (nSPS) is 19.8. The van der Waals surface area contributed by atoms with Crippen molar-refractivity contribution in [1.82, 2.24) is 4.90 Å². The number of likely N-dealkylation sites (tertiary alicyclic amines) is 1. The maximum atomic E-state index is 13.0. The summed E-state index contributed by atoms with van der Waals surface area (Å²) in [4.78, 5) is 27.0. The third kappa shape index (κ3) is 6.44. The Kier molecular flexibility index (Phi) is 8.58. The predicted octanol–water partition coefficient (Wildman–Crippen LogP) is 4.34. The maximum Gasteiger partial charge on any atom is 0.410 e. The Balaban J connectivity index is 3.03. The fraction of sp³-hybridized carbons (Fsp3) is 0.909. The summed E-state index contributed by atoms with van der Waals surface area (Å²) >= 11 is 0. The molecule has 1 N–H and O–H groups in total. The topological polar surface area (TPSA) is 85.3 Å². The number of hydrogen-bond acceptors (Lipinski definition) is 6. The van der Waals surface area contributed by atoms with Gasteiger partial charge in [-0.1, -0.05) is 20.8 Å². The first kappa shape index (κ1) is 26.9. The Labute approximate surface area is 183 Å². The van der Waals surface area contributed by atoms with Crippen molar-refractivity contribution in [3.63, 3.8) is 0 Å². The van der Waals surface area contributed by atoms with Crippen LogP contribution in [0.3, 0.4) is 0 Å². The van der Waals surface area contributed by atoms with Crippen molar-refractivity contribution in [2.24, 2.45) is 5.41 Å². The van der Waals surface area contributed by atoms with Crippen molar-refractivity contribution in [2.75, 3.05) is 19.7 Å². The molecule has 0 aromatic carbocycles. The molecule has 7 nitrogen and oxygen atoms in total. The first-order chi connectivity index (χ1) is 13.5. The van der Waals surface area contributed by atoms with E-state index in [1.54, 1.807) is 11.8 Å². The van der Waals surface area contributed by atoms with Crippen molar-refractivity contribution in [2.45, 2.75) is 104 Å². The Bertz CT molecular complexity index is 600. The van der Waals surface area contributed by atoms with Gasteiger partial charge in [-0.3, -0.25) is 4.79 Å². The van der Waals surface area contributed by atoms with Gasteiger partial charge in [-0.05, 0) is 65.6 Å². The summed E-state index contributed by atoms with van der Waals surface area (Å²) < 4.78 is 17.2. The number of rotatable bonds is 6. The van der Waals surface area contributed by atoms with E-state index in [1.807, 2.05) is 27.7 Å². The fourth-order valence-electron chi connectivity index (χ4n) is 3.47. The summed E-state index contributed by atoms with van der Waals surface area (Å²) in [5, 5.41) is 11.3. The predicted molar refractivity (Wildman–Crippen MR) is 120 cm³/mol. The van der Waals surface area contributed by atoms with Gasteiger partial charge in [-0.25, -0.2) is 4.79 Å². The molecule has 0 spiro atoms. The van der Waals surface area contributed by atoms with Crippen LogP contribution in [-0.2, 0) is 18.7 Å². The van der Waals surface area contributed by atoms with Crippen molar-refractivity contribution < 1.29 is 28.6 Å². The first-order valence-corrected chi connectivity index (χ1v) is 13.9. The van der Waals surface area contributed by atoms with Crippen molar-refractivity contribution in [1.29, 1.82) is 0 Å². The molecule has 1 fully saturated rings. The van der Waals surface area contributed by atoms with Crippen LogP contribution in [0.15, 0.2) is 0 Å². The molecular formula is C22H43NO6Si. The van der Waals surface area contributed by atoms with Crippen LogP contribution in [0, 0.1) is 5.41 Å². The molecule has 1 aliphatic rings. The third-order valence-corrected chi connectivity index (χ3v) is 10.9. The second-order valence-electron chi connectivity index (χ2n) is 10.9. The van der Waals surface area contributed by atoms with Crippen LogP contribution in [0.5, 0.6) is 0 Å². The van der Waals surface area contributed by atoms with E-state index in [0.717, 1.165) is 0 Å². The standard InChI is InChI=1S/C22H43NO6Si/c1-11-27-18(25)22(17(24)16(2)29-30(9,10)21(6,7)8)12-14-23(15-13-22)19(26)28-20(3,4)5/h16-17,24H,11-15H2,1-10H3/t16-,17?/m0/s1. The molecule has 1 unspecified atom stereocenters. The van der Waals surface area contributed by atoms with Crippen molar-refractivity contribution in [3.05, 3.63) is 0 Å². The van der Waals surface area contributed by atoms with Gasteiger partial charge in [-0.15, -0.1) is 0 Å². The van der Waals surface area contributed by atoms with Crippen molar-refractivity contribution >= 4 is 20.4 Å². The summed E-state index contributed by atoms with van der Waals surface area (Å²) in [6.07, 6.45) is -1.34. The quantitative estimate of drug-likeness (QED) is 0.484. The fourth-order valence-corrected chi connectivity index (χ4v) is 4.88. The highest BCUT2D eigenvalue weighted by Crippen LogP contribution is 2.42. The summed E-state index contributed by atoms with van der Waals surface area (Å²) in [5.41, 5.74) is -1.69. The molecule has 8 heteroatoms. The zero-order valence-corrected chi connectivity index (χ0v) is 21.6. The van der Waals surface area contributed by atoms with Crippen LogP contribution in [0.2, 0.25) is 18.1 Å². The van der Waals surface area contributed by atoms with E-state index >= 15 is 0 Å². The van der Waals surface area contributed by atoms with Gasteiger partial charge in [0, 0.05) is 13.1 Å². The van der Waals surface area contributed by atoms with E-state index in [9.17, 15) is 14.7 Å². The number of aliphatic hydroxyl groups excluding tert-OH is 1. The second-order valence-corrected chi connectivity index (χ2v) is 15.6. The zero-order chi connectivity index (χ0) is 23.5. The Morgan fingerprint density at radius 2 is 1.60 bits per heavy atom. The van der Waals surface area contributed by atoms with Gasteiger partial charge in [0.15, 0.2) is 8.32 Å². The highest BCUT2D eigenvalue weighted by Gasteiger charge is 2.52.